The van der Waals surface area contributed by atoms with Crippen molar-refractivity contribution in [3.05, 3.63) is 70.3 Å². The third-order valence-electron chi connectivity index (χ3n) is 11.2. The van der Waals surface area contributed by atoms with Gasteiger partial charge >= 0.3 is 10.2 Å². The van der Waals surface area contributed by atoms with Crippen molar-refractivity contribution in [3.8, 4) is 5.75 Å². The molecule has 0 aromatic heterocycles. The molecule has 50 heavy (non-hydrogen) atoms. The lowest BCUT2D eigenvalue weighted by Crippen LogP contribution is -2.52. The summed E-state index contributed by atoms with van der Waals surface area (Å²) in [5.41, 5.74) is 0.374. The average molecular weight is 729 g/mol. The molecule has 0 saturated heterocycles. The summed E-state index contributed by atoms with van der Waals surface area (Å²) < 4.78 is 41.1. The third-order valence-corrected chi connectivity index (χ3v) is 12.9. The Bertz CT molecular complexity index is 1750. The van der Waals surface area contributed by atoms with Crippen LogP contribution in [0.5, 0.6) is 5.75 Å². The monoisotopic (exact) mass is 728 g/mol. The molecular weight excluding hydrogens is 680 g/mol. The zero-order valence-electron chi connectivity index (χ0n) is 29.4. The molecule has 2 aliphatic heterocycles. The second-order valence-corrected chi connectivity index (χ2v) is 17.0. The molecule has 0 unspecified atom stereocenters. The number of hydrogen-bond donors (Lipinski definition) is 2. The number of aryl methyl sites for hydroxylation is 1. The van der Waals surface area contributed by atoms with Gasteiger partial charge in [-0.3, -0.25) is 9.59 Å². The van der Waals surface area contributed by atoms with Crippen molar-refractivity contribution in [3.63, 3.8) is 0 Å². The van der Waals surface area contributed by atoms with E-state index >= 15 is 0 Å². The molecule has 1 spiro atoms. The molecule has 6 rings (SSSR count). The van der Waals surface area contributed by atoms with Crippen LogP contribution in [0, 0.1) is 11.8 Å². The first kappa shape index (κ1) is 36.6. The summed E-state index contributed by atoms with van der Waals surface area (Å²) in [5, 5.41) is 13.0. The van der Waals surface area contributed by atoms with E-state index in [1.165, 1.54) is 30.1 Å². The molecule has 2 aromatic carbocycles. The molecule has 2 aliphatic carbocycles. The number of anilines is 1. The first-order chi connectivity index (χ1) is 23.8. The molecule has 2 bridgehead atoms. The number of aliphatic hydroxyl groups is 1. The van der Waals surface area contributed by atoms with Crippen LogP contribution in [0.2, 0.25) is 5.02 Å². The van der Waals surface area contributed by atoms with E-state index in [9.17, 15) is 23.1 Å². The summed E-state index contributed by atoms with van der Waals surface area (Å²) in [6, 6.07) is 11.1. The van der Waals surface area contributed by atoms with Crippen LogP contribution >= 0.6 is 11.6 Å². The zero-order chi connectivity index (χ0) is 35.8. The standard InChI is InChI=1S/C37H49ClN4O7S/c1-40(2)50(46,47)39-35(44)37(45)21-34(43)41(3)18-7-5-6-10-32(48-4)29-14-11-26(29)22-42-23-36(24-49-33-16-12-27(37)20-31(33)42)17-8-9-25-19-28(38)13-15-30(25)36/h6,10,12-13,15-16,19-20,26,29,32,45H,5,7-9,11,14,17-18,21-24H2,1-4H3,(H,39,44)/b10-6-/t26-,29+,32-,36-,37-/m0/s1. The van der Waals surface area contributed by atoms with Gasteiger partial charge in [-0.25, -0.2) is 4.72 Å². The molecule has 2 N–H and O–H groups in total. The number of rotatable bonds is 4. The average Bonchev–Trinajstić information content (AvgIpc) is 3.21. The van der Waals surface area contributed by atoms with E-state index in [1.807, 2.05) is 10.8 Å². The van der Waals surface area contributed by atoms with E-state index in [0.717, 1.165) is 42.8 Å². The van der Waals surface area contributed by atoms with Gasteiger partial charge in [-0.15, -0.1) is 0 Å². The molecule has 5 atom stereocenters. The fourth-order valence-electron chi connectivity index (χ4n) is 8.07. The van der Waals surface area contributed by atoms with E-state index in [4.69, 9.17) is 21.1 Å². The zero-order valence-corrected chi connectivity index (χ0v) is 30.9. The van der Waals surface area contributed by atoms with Gasteiger partial charge in [0.15, 0.2) is 5.60 Å². The van der Waals surface area contributed by atoms with Crippen LogP contribution in [0.1, 0.15) is 61.6 Å². The summed E-state index contributed by atoms with van der Waals surface area (Å²) in [6.45, 7) is 2.12. The molecule has 2 aromatic rings. The Morgan fingerprint density at radius 3 is 2.68 bits per heavy atom. The van der Waals surface area contributed by atoms with E-state index in [0.29, 0.717) is 61.0 Å². The van der Waals surface area contributed by atoms with E-state index in [2.05, 4.69) is 29.2 Å². The van der Waals surface area contributed by atoms with Crippen molar-refractivity contribution >= 4 is 39.3 Å². The highest BCUT2D eigenvalue weighted by Gasteiger charge is 2.47. The lowest BCUT2D eigenvalue weighted by atomic mass is 9.68. The highest BCUT2D eigenvalue weighted by Crippen LogP contribution is 2.47. The van der Waals surface area contributed by atoms with Gasteiger partial charge in [-0.1, -0.05) is 35.9 Å². The Morgan fingerprint density at radius 2 is 1.96 bits per heavy atom. The lowest BCUT2D eigenvalue weighted by molar-refractivity contribution is -0.148. The maximum atomic E-state index is 13.9. The molecule has 0 radical (unpaired) electrons. The van der Waals surface area contributed by atoms with Gasteiger partial charge in [-0.2, -0.15) is 12.7 Å². The number of carbonyl (C=O) groups is 2. The maximum absolute atomic E-state index is 13.9. The summed E-state index contributed by atoms with van der Waals surface area (Å²) in [4.78, 5) is 31.3. The highest BCUT2D eigenvalue weighted by atomic mass is 35.5. The minimum Gasteiger partial charge on any atom is -0.490 e. The second-order valence-electron chi connectivity index (χ2n) is 14.6. The van der Waals surface area contributed by atoms with Crippen molar-refractivity contribution in [1.29, 1.82) is 0 Å². The summed E-state index contributed by atoms with van der Waals surface area (Å²) in [7, 11) is 1.65. The number of fused-ring (bicyclic) bond motifs is 4. The van der Waals surface area contributed by atoms with Crippen molar-refractivity contribution in [2.75, 3.05) is 59.4 Å². The van der Waals surface area contributed by atoms with E-state index in [-0.39, 0.29) is 17.1 Å². The van der Waals surface area contributed by atoms with Crippen molar-refractivity contribution in [1.82, 2.24) is 13.9 Å². The third kappa shape index (κ3) is 7.14. The normalized spacial score (nSPS) is 29.6. The fraction of sp³-hybridized carbons (Fsp3) is 0.568. The van der Waals surface area contributed by atoms with Gasteiger partial charge in [0.2, 0.25) is 5.91 Å². The molecule has 1 saturated carbocycles. The second kappa shape index (κ2) is 14.5. The minimum atomic E-state index is -4.28. The Hall–Kier alpha value is -3.16. The van der Waals surface area contributed by atoms with E-state index in [1.54, 1.807) is 32.4 Å². The molecule has 272 valence electrons. The van der Waals surface area contributed by atoms with Gasteiger partial charge in [-0.05, 0) is 97.7 Å². The molecule has 1 fully saturated rings. The van der Waals surface area contributed by atoms with Crippen LogP contribution in [0.15, 0.2) is 48.6 Å². The minimum absolute atomic E-state index is 0.0447. The molecule has 2 amide bonds. The maximum Gasteiger partial charge on any atom is 0.303 e. The van der Waals surface area contributed by atoms with Crippen LogP contribution in [0.25, 0.3) is 0 Å². The summed E-state index contributed by atoms with van der Waals surface area (Å²) >= 11 is 6.45. The van der Waals surface area contributed by atoms with Crippen LogP contribution < -0.4 is 14.4 Å². The Morgan fingerprint density at radius 1 is 1.16 bits per heavy atom. The van der Waals surface area contributed by atoms with Gasteiger partial charge in [0.05, 0.1) is 24.8 Å². The lowest BCUT2D eigenvalue weighted by Gasteiger charge is -2.46. The predicted molar refractivity (Wildman–Crippen MR) is 193 cm³/mol. The molecular formula is C37H49ClN4O7S. The van der Waals surface area contributed by atoms with Crippen LogP contribution in [-0.2, 0) is 42.0 Å². The van der Waals surface area contributed by atoms with Gasteiger partial charge < -0.3 is 24.4 Å². The number of hydrogen-bond acceptors (Lipinski definition) is 8. The number of nitrogens with one attached hydrogen (secondary N) is 1. The molecule has 11 nitrogen and oxygen atoms in total. The Labute approximate surface area is 300 Å². The number of amides is 2. The van der Waals surface area contributed by atoms with E-state index < -0.39 is 34.0 Å². The van der Waals surface area contributed by atoms with Gasteiger partial charge in [0.1, 0.15) is 5.75 Å². The number of benzene rings is 2. The molecule has 4 aliphatic rings. The first-order valence-electron chi connectivity index (χ1n) is 17.5. The quantitative estimate of drug-likeness (QED) is 0.450. The number of nitrogens with zero attached hydrogens (tertiary/aromatic N) is 3. The van der Waals surface area contributed by atoms with Crippen molar-refractivity contribution in [2.24, 2.45) is 11.8 Å². The van der Waals surface area contributed by atoms with Gasteiger partial charge in [0, 0.05) is 58.3 Å². The van der Waals surface area contributed by atoms with Gasteiger partial charge in [0.25, 0.3) is 5.91 Å². The highest BCUT2D eigenvalue weighted by molar-refractivity contribution is 7.87. The molecule has 13 heteroatoms. The summed E-state index contributed by atoms with van der Waals surface area (Å²) in [6.07, 6.45) is 9.83. The number of ether oxygens (including phenoxy) is 2. The SMILES string of the molecule is CO[C@H]1/C=C\CCCN(C)C(=O)C[C@@](O)(C(=O)NS(=O)(=O)N(C)C)c2ccc3c(c2)N(C[C@@H]2CC[C@H]21)C[C@@]1(CCCc2cc(Cl)ccc21)CO3. The summed E-state index contributed by atoms with van der Waals surface area (Å²) in [5.74, 6) is -0.493. The van der Waals surface area contributed by atoms with Crippen LogP contribution in [0.3, 0.4) is 0 Å². The van der Waals surface area contributed by atoms with Crippen molar-refractivity contribution < 1.29 is 32.6 Å². The van der Waals surface area contributed by atoms with Crippen LogP contribution in [0.4, 0.5) is 5.69 Å². The molecule has 2 heterocycles. The fourth-order valence-corrected chi connectivity index (χ4v) is 8.85. The first-order valence-corrected chi connectivity index (χ1v) is 19.3. The number of allylic oxidation sites excluding steroid dienone is 1. The Kier molecular flexibility index (Phi) is 10.6. The van der Waals surface area contributed by atoms with Crippen LogP contribution in [-0.4, -0.2) is 95.1 Å². The number of methoxy groups -OCH3 is 1. The smallest absolute Gasteiger partial charge is 0.303 e. The predicted octanol–water partition coefficient (Wildman–Crippen LogP) is 4.16. The number of halogens is 1. The van der Waals surface area contributed by atoms with Crippen molar-refractivity contribution in [2.45, 2.75) is 68.5 Å². The Balaban J connectivity index is 1.48. The topological polar surface area (TPSA) is 129 Å². The number of carbonyl (C=O) groups excluding carboxylic acids is 2. The largest absolute Gasteiger partial charge is 0.490 e.